The van der Waals surface area contributed by atoms with Gasteiger partial charge in [-0.1, -0.05) is 119 Å². The van der Waals surface area contributed by atoms with Crippen LogP contribution >= 0.6 is 7.94 Å². The quantitative estimate of drug-likeness (QED) is 0.167. The molecule has 0 bridgehead atoms. The van der Waals surface area contributed by atoms with Crippen LogP contribution in [0.15, 0.2) is 72.8 Å². The van der Waals surface area contributed by atoms with Crippen molar-refractivity contribution in [3.8, 4) is 28.0 Å². The molecule has 254 valence electrons. The van der Waals surface area contributed by atoms with E-state index in [9.17, 15) is 14.7 Å². The molecule has 0 amide bonds. The van der Waals surface area contributed by atoms with Crippen molar-refractivity contribution < 1.29 is 19.4 Å². The molecule has 48 heavy (non-hydrogen) atoms. The highest BCUT2D eigenvalue weighted by molar-refractivity contribution is 7.67. The molecule has 0 unspecified atom stereocenters. The molecule has 0 aliphatic carbocycles. The Morgan fingerprint density at radius 3 is 1.23 bits per heavy atom. The van der Waals surface area contributed by atoms with Crippen LogP contribution in [0.4, 0.5) is 0 Å². The van der Waals surface area contributed by atoms with Gasteiger partial charge in [-0.05, 0) is 113 Å². The number of hydrogen-bond donors (Lipinski definition) is 3. The topological polar surface area (TPSA) is 69.9 Å². The Labute approximate surface area is 288 Å². The highest BCUT2D eigenvalue weighted by Crippen LogP contribution is 2.53. The lowest BCUT2D eigenvalue weighted by Gasteiger charge is -2.30. The summed E-state index contributed by atoms with van der Waals surface area (Å²) in [6.45, 7) is 26.5. The summed E-state index contributed by atoms with van der Waals surface area (Å²) in [6.07, 6.45) is 0. The van der Waals surface area contributed by atoms with E-state index in [-0.39, 0.29) is 27.0 Å². The zero-order valence-corrected chi connectivity index (χ0v) is 32.0. The summed E-state index contributed by atoms with van der Waals surface area (Å²) >= 11 is 0. The standard InChI is InChI=1S/C43H54O4P/c1-40(2,3)30-16-14-26-22-32(34(42(7,8)9)24-28(26)20-30)38-36(47-13)18-19-37(48(44,45)46)39(38)33-23-27-15-17-31(41(4,5)6)21-29(27)25-35(33)43(10,11)12/h14-25,44-46H,1-13H3/q+1. The summed E-state index contributed by atoms with van der Waals surface area (Å²) in [7, 11) is -2.85. The van der Waals surface area contributed by atoms with Crippen molar-refractivity contribution in [2.75, 3.05) is 7.11 Å². The van der Waals surface area contributed by atoms with Gasteiger partial charge in [0.1, 0.15) is 5.75 Å². The van der Waals surface area contributed by atoms with E-state index in [0.29, 0.717) is 11.3 Å². The molecule has 0 radical (unpaired) electrons. The Hall–Kier alpha value is -3.27. The first-order valence-electron chi connectivity index (χ1n) is 16.9. The normalized spacial score (nSPS) is 13.4. The van der Waals surface area contributed by atoms with Crippen molar-refractivity contribution in [1.82, 2.24) is 0 Å². The van der Waals surface area contributed by atoms with Crippen LogP contribution in [-0.4, -0.2) is 21.8 Å². The molecule has 0 spiro atoms. The van der Waals surface area contributed by atoms with Gasteiger partial charge in [-0.3, -0.25) is 0 Å². The fourth-order valence-corrected chi connectivity index (χ4v) is 7.52. The lowest BCUT2D eigenvalue weighted by Crippen LogP contribution is -2.20. The van der Waals surface area contributed by atoms with Gasteiger partial charge in [-0.25, -0.2) is 0 Å². The summed E-state index contributed by atoms with van der Waals surface area (Å²) in [6, 6.07) is 25.4. The second-order valence-corrected chi connectivity index (χ2v) is 19.1. The largest absolute Gasteiger partial charge is 0.496 e. The third kappa shape index (κ3) is 6.92. The summed E-state index contributed by atoms with van der Waals surface area (Å²) in [4.78, 5) is 33.3. The molecule has 5 heteroatoms. The first kappa shape index (κ1) is 36.0. The lowest BCUT2D eigenvalue weighted by molar-refractivity contribution is 0.347. The molecule has 0 aliphatic rings. The smallest absolute Gasteiger partial charge is 0.441 e. The van der Waals surface area contributed by atoms with E-state index in [2.05, 4.69) is 144 Å². The molecule has 4 nitrogen and oxygen atoms in total. The highest BCUT2D eigenvalue weighted by atomic mass is 31.2. The molecule has 5 aromatic rings. The summed E-state index contributed by atoms with van der Waals surface area (Å²) in [5, 5.41) is 4.49. The number of rotatable bonds is 4. The Morgan fingerprint density at radius 2 is 0.875 bits per heavy atom. The van der Waals surface area contributed by atoms with Gasteiger partial charge in [0, 0.05) is 11.1 Å². The van der Waals surface area contributed by atoms with Crippen LogP contribution in [0.25, 0.3) is 43.8 Å². The fourth-order valence-electron chi connectivity index (χ4n) is 6.72. The van der Waals surface area contributed by atoms with Crippen molar-refractivity contribution in [2.45, 2.75) is 105 Å². The molecule has 0 saturated carbocycles. The predicted molar refractivity (Wildman–Crippen MR) is 207 cm³/mol. The van der Waals surface area contributed by atoms with Gasteiger partial charge in [0.2, 0.25) is 0 Å². The zero-order valence-electron chi connectivity index (χ0n) is 31.1. The van der Waals surface area contributed by atoms with Crippen LogP contribution in [-0.2, 0) is 21.7 Å². The minimum Gasteiger partial charge on any atom is -0.496 e. The number of ether oxygens (including phenoxy) is 1. The average molecular weight is 666 g/mol. The average Bonchev–Trinajstić information content (AvgIpc) is 2.96. The minimum atomic E-state index is -4.50. The molecule has 0 saturated heterocycles. The molecule has 0 aliphatic heterocycles. The van der Waals surface area contributed by atoms with Gasteiger partial charge >= 0.3 is 7.94 Å². The van der Waals surface area contributed by atoms with Crippen LogP contribution in [0, 0.1) is 0 Å². The van der Waals surface area contributed by atoms with Gasteiger partial charge in [0.15, 0.2) is 5.30 Å². The Morgan fingerprint density at radius 1 is 0.458 bits per heavy atom. The van der Waals surface area contributed by atoms with Crippen LogP contribution in [0.1, 0.15) is 105 Å². The molecule has 5 rings (SSSR count). The molecule has 0 atom stereocenters. The van der Waals surface area contributed by atoms with Gasteiger partial charge < -0.3 is 4.74 Å². The van der Waals surface area contributed by atoms with Gasteiger partial charge in [-0.2, -0.15) is 14.7 Å². The second-order valence-electron chi connectivity index (χ2n) is 17.5. The number of benzene rings is 5. The summed E-state index contributed by atoms with van der Waals surface area (Å²) in [5.74, 6) is 0.599. The van der Waals surface area contributed by atoms with Crippen LogP contribution in [0.2, 0.25) is 0 Å². The fraction of sp³-hybridized carbons (Fsp3) is 0.395. The van der Waals surface area contributed by atoms with Crippen molar-refractivity contribution >= 4 is 34.8 Å². The maximum Gasteiger partial charge on any atom is 0.441 e. The lowest BCUT2D eigenvalue weighted by atomic mass is 9.75. The minimum absolute atomic E-state index is 0.00295. The first-order valence-corrected chi connectivity index (χ1v) is 18.5. The molecular weight excluding hydrogens is 611 g/mol. The Kier molecular flexibility index (Phi) is 8.97. The van der Waals surface area contributed by atoms with E-state index in [1.165, 1.54) is 11.1 Å². The zero-order chi connectivity index (χ0) is 35.8. The van der Waals surface area contributed by atoms with Gasteiger partial charge in [-0.15, -0.1) is 0 Å². The first-order chi connectivity index (χ1) is 21.9. The summed E-state index contributed by atoms with van der Waals surface area (Å²) < 4.78 is 6.11. The summed E-state index contributed by atoms with van der Waals surface area (Å²) in [5.41, 5.74) is 7.14. The van der Waals surface area contributed by atoms with E-state index in [1.54, 1.807) is 19.2 Å². The van der Waals surface area contributed by atoms with Crippen LogP contribution < -0.4 is 10.0 Å². The molecule has 0 fully saturated rings. The van der Waals surface area contributed by atoms with Crippen molar-refractivity contribution in [3.05, 3.63) is 95.1 Å². The van der Waals surface area contributed by atoms with Crippen molar-refractivity contribution in [3.63, 3.8) is 0 Å². The Bertz CT molecular complexity index is 2020. The predicted octanol–water partition coefficient (Wildman–Crippen LogP) is 10.9. The molecular formula is C43H54O4P+. The number of fused-ring (bicyclic) bond motifs is 2. The van der Waals surface area contributed by atoms with Gasteiger partial charge in [0.25, 0.3) is 0 Å². The van der Waals surface area contributed by atoms with E-state index >= 15 is 0 Å². The van der Waals surface area contributed by atoms with E-state index < -0.39 is 7.94 Å². The Balaban J connectivity index is 1.99. The molecule has 3 N–H and O–H groups in total. The molecule has 0 aromatic heterocycles. The number of hydrogen-bond acceptors (Lipinski definition) is 4. The van der Waals surface area contributed by atoms with E-state index in [0.717, 1.165) is 49.4 Å². The molecule has 5 aromatic carbocycles. The van der Waals surface area contributed by atoms with Crippen molar-refractivity contribution in [1.29, 1.82) is 0 Å². The third-order valence-corrected chi connectivity index (χ3v) is 10.5. The highest BCUT2D eigenvalue weighted by Gasteiger charge is 2.41. The van der Waals surface area contributed by atoms with E-state index in [1.807, 2.05) is 0 Å². The maximum atomic E-state index is 11.1. The van der Waals surface area contributed by atoms with Crippen molar-refractivity contribution in [2.24, 2.45) is 0 Å². The third-order valence-electron chi connectivity index (χ3n) is 9.53. The van der Waals surface area contributed by atoms with E-state index in [4.69, 9.17) is 4.74 Å². The number of methoxy groups -OCH3 is 1. The monoisotopic (exact) mass is 665 g/mol. The second kappa shape index (κ2) is 12.0. The maximum absolute atomic E-state index is 11.1. The van der Waals surface area contributed by atoms with Crippen LogP contribution in [0.5, 0.6) is 5.75 Å². The van der Waals surface area contributed by atoms with Gasteiger partial charge in [0.05, 0.1) is 7.11 Å². The molecule has 0 heterocycles. The van der Waals surface area contributed by atoms with Crippen LogP contribution in [0.3, 0.4) is 0 Å². The SMILES string of the molecule is COc1ccc([P+](O)(O)O)c(-c2cc3ccc(C(C)(C)C)cc3cc2C(C)(C)C)c1-c1cc2ccc(C(C)(C)C)cc2cc1C(C)(C)C.